The lowest BCUT2D eigenvalue weighted by Crippen LogP contribution is -2.02. The highest BCUT2D eigenvalue weighted by Crippen LogP contribution is 2.23. The number of carboxylic acids is 1. The van der Waals surface area contributed by atoms with Gasteiger partial charge in [0, 0.05) is 0 Å². The summed E-state index contributed by atoms with van der Waals surface area (Å²) < 4.78 is 0. The Labute approximate surface area is 83.3 Å². The highest BCUT2D eigenvalue weighted by atomic mass is 35.5. The van der Waals surface area contributed by atoms with Gasteiger partial charge in [-0.05, 0) is 6.07 Å². The van der Waals surface area contributed by atoms with Crippen LogP contribution in [0, 0.1) is 10.1 Å². The number of hydrogen-bond donors (Lipinski definition) is 1. The number of carboxylic acid groups (broad SMARTS) is 1. The third-order valence-electron chi connectivity index (χ3n) is 1.42. The normalized spacial score (nSPS) is 9.79. The summed E-state index contributed by atoms with van der Waals surface area (Å²) in [5, 5.41) is 18.6. The molecule has 0 amide bonds. The standard InChI is InChI=1S/C7H5ClN2O4/c8-5-1-4(2-7(11)12)9-3-6(5)10(13)14/h1,3H,2H2,(H,11,12). The van der Waals surface area contributed by atoms with Crippen molar-refractivity contribution in [3.63, 3.8) is 0 Å². The van der Waals surface area contributed by atoms with Gasteiger partial charge >= 0.3 is 11.7 Å². The van der Waals surface area contributed by atoms with E-state index in [9.17, 15) is 14.9 Å². The van der Waals surface area contributed by atoms with Gasteiger partial charge in [-0.3, -0.25) is 19.9 Å². The molecule has 1 aromatic heterocycles. The largest absolute Gasteiger partial charge is 0.481 e. The number of hydrogen-bond acceptors (Lipinski definition) is 4. The third-order valence-corrected chi connectivity index (χ3v) is 1.72. The molecule has 6 nitrogen and oxygen atoms in total. The maximum Gasteiger partial charge on any atom is 0.309 e. The molecule has 0 spiro atoms. The van der Waals surface area contributed by atoms with E-state index in [1.54, 1.807) is 0 Å². The van der Waals surface area contributed by atoms with Crippen LogP contribution in [0.3, 0.4) is 0 Å². The van der Waals surface area contributed by atoms with Crippen LogP contribution in [0.25, 0.3) is 0 Å². The Morgan fingerprint density at radius 3 is 2.79 bits per heavy atom. The quantitative estimate of drug-likeness (QED) is 0.607. The minimum absolute atomic E-state index is 0.110. The number of nitro groups is 1. The van der Waals surface area contributed by atoms with Crippen LogP contribution < -0.4 is 0 Å². The monoisotopic (exact) mass is 216 g/mol. The molecular formula is C7H5ClN2O4. The molecule has 0 aromatic carbocycles. The van der Waals surface area contributed by atoms with E-state index in [4.69, 9.17) is 16.7 Å². The van der Waals surface area contributed by atoms with Gasteiger partial charge in [0.05, 0.1) is 17.0 Å². The molecule has 0 atom stereocenters. The topological polar surface area (TPSA) is 93.3 Å². The molecule has 0 saturated carbocycles. The summed E-state index contributed by atoms with van der Waals surface area (Å²) in [6.07, 6.45) is 0.637. The molecule has 1 aromatic rings. The van der Waals surface area contributed by atoms with E-state index in [1.807, 2.05) is 0 Å². The lowest BCUT2D eigenvalue weighted by molar-refractivity contribution is -0.385. The van der Waals surface area contributed by atoms with Crippen molar-refractivity contribution in [1.82, 2.24) is 4.98 Å². The molecule has 0 saturated heterocycles. The number of pyridine rings is 1. The number of carbonyl (C=O) groups is 1. The molecule has 0 aliphatic heterocycles. The second-order valence-corrected chi connectivity index (χ2v) is 2.86. The molecule has 1 N–H and O–H groups in total. The summed E-state index contributed by atoms with van der Waals surface area (Å²) in [5.74, 6) is -1.07. The molecule has 0 unspecified atom stereocenters. The van der Waals surface area contributed by atoms with Crippen LogP contribution in [0.1, 0.15) is 5.69 Å². The van der Waals surface area contributed by atoms with Crippen LogP contribution in [0.2, 0.25) is 5.02 Å². The van der Waals surface area contributed by atoms with Crippen LogP contribution in [0.15, 0.2) is 12.3 Å². The zero-order valence-corrected chi connectivity index (χ0v) is 7.56. The fourth-order valence-corrected chi connectivity index (χ4v) is 1.09. The molecule has 1 heterocycles. The number of nitrogens with zero attached hydrogens (tertiary/aromatic N) is 2. The Hall–Kier alpha value is -1.69. The van der Waals surface area contributed by atoms with Gasteiger partial charge < -0.3 is 5.11 Å². The minimum atomic E-state index is -1.07. The fourth-order valence-electron chi connectivity index (χ4n) is 0.849. The molecule has 0 bridgehead atoms. The van der Waals surface area contributed by atoms with Crippen LogP contribution in [0.4, 0.5) is 5.69 Å². The van der Waals surface area contributed by atoms with Gasteiger partial charge in [-0.25, -0.2) is 0 Å². The van der Waals surface area contributed by atoms with Gasteiger partial charge in [0.2, 0.25) is 0 Å². The maximum absolute atomic E-state index is 10.3. The Morgan fingerprint density at radius 1 is 1.71 bits per heavy atom. The van der Waals surface area contributed by atoms with Crippen molar-refractivity contribution in [1.29, 1.82) is 0 Å². The molecule has 0 radical (unpaired) electrons. The Balaban J connectivity index is 3.00. The highest BCUT2D eigenvalue weighted by Gasteiger charge is 2.14. The molecule has 0 fully saturated rings. The van der Waals surface area contributed by atoms with Gasteiger partial charge in [-0.1, -0.05) is 11.6 Å². The predicted molar refractivity (Wildman–Crippen MR) is 47.2 cm³/mol. The number of aromatic nitrogens is 1. The Kier molecular flexibility index (Phi) is 2.98. The van der Waals surface area contributed by atoms with Crippen molar-refractivity contribution in [2.24, 2.45) is 0 Å². The minimum Gasteiger partial charge on any atom is -0.481 e. The van der Waals surface area contributed by atoms with E-state index >= 15 is 0 Å². The highest BCUT2D eigenvalue weighted by molar-refractivity contribution is 6.32. The van der Waals surface area contributed by atoms with Crippen LogP contribution >= 0.6 is 11.6 Å². The Morgan fingerprint density at radius 2 is 2.36 bits per heavy atom. The van der Waals surface area contributed by atoms with Gasteiger partial charge in [-0.15, -0.1) is 0 Å². The second kappa shape index (κ2) is 4.01. The van der Waals surface area contributed by atoms with Crippen LogP contribution in [0.5, 0.6) is 0 Å². The first kappa shape index (κ1) is 10.4. The second-order valence-electron chi connectivity index (χ2n) is 2.45. The summed E-state index contributed by atoms with van der Waals surface area (Å²) in [6, 6.07) is 1.17. The molecule has 7 heteroatoms. The average Bonchev–Trinajstić information content (AvgIpc) is 2.01. The van der Waals surface area contributed by atoms with E-state index in [0.717, 1.165) is 6.20 Å². The average molecular weight is 217 g/mol. The van der Waals surface area contributed by atoms with Gasteiger partial charge in [0.25, 0.3) is 0 Å². The molecule has 14 heavy (non-hydrogen) atoms. The lowest BCUT2D eigenvalue weighted by Gasteiger charge is -1.97. The summed E-state index contributed by atoms with van der Waals surface area (Å²) in [4.78, 5) is 23.5. The smallest absolute Gasteiger partial charge is 0.309 e. The van der Waals surface area contributed by atoms with E-state index in [-0.39, 0.29) is 22.8 Å². The maximum atomic E-state index is 10.3. The fraction of sp³-hybridized carbons (Fsp3) is 0.143. The SMILES string of the molecule is O=C(O)Cc1cc(Cl)c([N+](=O)[O-])cn1. The van der Waals surface area contributed by atoms with Crippen molar-refractivity contribution in [3.05, 3.63) is 33.1 Å². The zero-order chi connectivity index (χ0) is 10.7. The third kappa shape index (κ3) is 2.40. The molecular weight excluding hydrogens is 212 g/mol. The molecule has 0 aliphatic rings. The summed E-state index contributed by atoms with van der Waals surface area (Å²) in [7, 11) is 0. The van der Waals surface area contributed by atoms with Gasteiger partial charge in [0.15, 0.2) is 0 Å². The van der Waals surface area contributed by atoms with E-state index < -0.39 is 10.9 Å². The summed E-state index contributed by atoms with van der Waals surface area (Å²) in [5.41, 5.74) is -0.145. The number of rotatable bonds is 3. The predicted octanol–water partition coefficient (Wildman–Crippen LogP) is 1.27. The van der Waals surface area contributed by atoms with Crippen molar-refractivity contribution >= 4 is 23.3 Å². The Bertz CT molecular complexity index is 393. The van der Waals surface area contributed by atoms with Gasteiger partial charge in [-0.2, -0.15) is 0 Å². The first-order chi connectivity index (χ1) is 6.50. The first-order valence-corrected chi connectivity index (χ1v) is 3.89. The summed E-state index contributed by atoms with van der Waals surface area (Å²) >= 11 is 5.53. The molecule has 1 rings (SSSR count). The van der Waals surface area contributed by atoms with Crippen molar-refractivity contribution in [2.75, 3.05) is 0 Å². The van der Waals surface area contributed by atoms with Crippen LogP contribution in [-0.2, 0) is 11.2 Å². The zero-order valence-electron chi connectivity index (χ0n) is 6.81. The number of halogens is 1. The number of aliphatic carboxylic acids is 1. The lowest BCUT2D eigenvalue weighted by atomic mass is 10.2. The van der Waals surface area contributed by atoms with Crippen LogP contribution in [-0.4, -0.2) is 21.0 Å². The van der Waals surface area contributed by atoms with Crippen molar-refractivity contribution in [3.8, 4) is 0 Å². The van der Waals surface area contributed by atoms with Gasteiger partial charge in [0.1, 0.15) is 11.2 Å². The first-order valence-electron chi connectivity index (χ1n) is 3.51. The van der Waals surface area contributed by atoms with E-state index in [2.05, 4.69) is 4.98 Å². The van der Waals surface area contributed by atoms with E-state index in [1.165, 1.54) is 6.07 Å². The van der Waals surface area contributed by atoms with E-state index in [0.29, 0.717) is 0 Å². The van der Waals surface area contributed by atoms with Crippen molar-refractivity contribution < 1.29 is 14.8 Å². The van der Waals surface area contributed by atoms with Crippen molar-refractivity contribution in [2.45, 2.75) is 6.42 Å². The molecule has 0 aliphatic carbocycles. The molecule has 74 valence electrons. The summed E-state index contributed by atoms with van der Waals surface area (Å²) in [6.45, 7) is 0.